The third kappa shape index (κ3) is 3.33. The molecule has 1 fully saturated rings. The number of rotatable bonds is 4. The molecule has 0 bridgehead atoms. The predicted octanol–water partition coefficient (Wildman–Crippen LogP) is -0.0265. The quantitative estimate of drug-likeness (QED) is 0.796. The van der Waals surface area contributed by atoms with Gasteiger partial charge in [0.1, 0.15) is 5.82 Å². The number of hydrogen-bond donors (Lipinski definition) is 2. The van der Waals surface area contributed by atoms with Crippen LogP contribution in [0.5, 0.6) is 0 Å². The van der Waals surface area contributed by atoms with Gasteiger partial charge in [-0.15, -0.1) is 0 Å². The fourth-order valence-corrected chi connectivity index (χ4v) is 2.74. The first-order chi connectivity index (χ1) is 8.99. The van der Waals surface area contributed by atoms with Crippen LogP contribution in [0.3, 0.4) is 0 Å². The van der Waals surface area contributed by atoms with Gasteiger partial charge in [0, 0.05) is 43.9 Å². The number of aryl methyl sites for hydroxylation is 1. The van der Waals surface area contributed by atoms with Crippen LogP contribution < -0.4 is 10.6 Å². The molecule has 0 aromatic carbocycles. The van der Waals surface area contributed by atoms with Gasteiger partial charge in [0.05, 0.1) is 0 Å². The van der Waals surface area contributed by atoms with Crippen molar-refractivity contribution in [3.63, 3.8) is 0 Å². The van der Waals surface area contributed by atoms with Gasteiger partial charge >= 0.3 is 0 Å². The van der Waals surface area contributed by atoms with Gasteiger partial charge in [-0.2, -0.15) is 4.98 Å². The Morgan fingerprint density at radius 1 is 1.37 bits per heavy atom. The van der Waals surface area contributed by atoms with E-state index in [0.29, 0.717) is 17.8 Å². The van der Waals surface area contributed by atoms with E-state index >= 15 is 0 Å². The van der Waals surface area contributed by atoms with Crippen molar-refractivity contribution < 1.29 is 5.11 Å². The molecule has 6 nitrogen and oxygen atoms in total. The molecule has 0 unspecified atom stereocenters. The van der Waals surface area contributed by atoms with E-state index in [1.54, 1.807) is 0 Å². The molecule has 1 aliphatic rings. The van der Waals surface area contributed by atoms with Crippen molar-refractivity contribution in [1.29, 1.82) is 0 Å². The lowest BCUT2D eigenvalue weighted by Gasteiger charge is -2.20. The summed E-state index contributed by atoms with van der Waals surface area (Å²) in [4.78, 5) is 12.7. The van der Waals surface area contributed by atoms with Crippen molar-refractivity contribution in [2.75, 3.05) is 51.0 Å². The van der Waals surface area contributed by atoms with Gasteiger partial charge in [-0.25, -0.2) is 4.98 Å². The summed E-state index contributed by atoms with van der Waals surface area (Å²) in [6.07, 6.45) is 0. The number of aliphatic hydroxyl groups excluding tert-OH is 1. The second-order valence-corrected chi connectivity index (χ2v) is 5.60. The number of aliphatic hydroxyl groups is 1. The van der Waals surface area contributed by atoms with Gasteiger partial charge in [0.25, 0.3) is 0 Å². The van der Waals surface area contributed by atoms with Crippen molar-refractivity contribution in [2.24, 2.45) is 11.8 Å². The minimum atomic E-state index is 0.217. The largest absolute Gasteiger partial charge is 0.396 e. The SMILES string of the molecule is Cc1cc(N2C[C@@H](CN(C)C)[C@@H](CO)C2)nc(N)n1. The monoisotopic (exact) mass is 265 g/mol. The maximum absolute atomic E-state index is 9.52. The van der Waals surface area contributed by atoms with E-state index in [1.165, 1.54) is 0 Å². The number of nitrogens with zero attached hydrogens (tertiary/aromatic N) is 4. The Morgan fingerprint density at radius 3 is 2.63 bits per heavy atom. The zero-order chi connectivity index (χ0) is 14.0. The first kappa shape index (κ1) is 14.0. The molecule has 3 N–H and O–H groups in total. The standard InChI is InChI=1S/C13H23N5O/c1-9-4-12(16-13(14)15-9)18-6-10(5-17(2)3)11(7-18)8-19/h4,10-11,19H,5-8H2,1-3H3,(H2,14,15,16)/t10-,11-/m1/s1. The highest BCUT2D eigenvalue weighted by molar-refractivity contribution is 5.44. The van der Waals surface area contributed by atoms with E-state index in [2.05, 4.69) is 33.9 Å². The Kier molecular flexibility index (Phi) is 4.21. The number of nitrogens with two attached hydrogens (primary N) is 1. The van der Waals surface area contributed by atoms with Crippen LogP contribution >= 0.6 is 0 Å². The molecule has 1 aliphatic heterocycles. The maximum Gasteiger partial charge on any atom is 0.222 e. The average Bonchev–Trinajstić information content (AvgIpc) is 2.70. The highest BCUT2D eigenvalue weighted by Crippen LogP contribution is 2.28. The van der Waals surface area contributed by atoms with E-state index in [-0.39, 0.29) is 6.61 Å². The van der Waals surface area contributed by atoms with Crippen molar-refractivity contribution >= 4 is 11.8 Å². The molecule has 0 radical (unpaired) electrons. The maximum atomic E-state index is 9.52. The van der Waals surface area contributed by atoms with E-state index < -0.39 is 0 Å². The highest BCUT2D eigenvalue weighted by Gasteiger charge is 2.33. The van der Waals surface area contributed by atoms with E-state index in [0.717, 1.165) is 31.1 Å². The molecular formula is C13H23N5O. The first-order valence-corrected chi connectivity index (χ1v) is 6.61. The summed E-state index contributed by atoms with van der Waals surface area (Å²) >= 11 is 0. The molecule has 1 aromatic rings. The van der Waals surface area contributed by atoms with Crippen LogP contribution in [-0.4, -0.2) is 60.3 Å². The van der Waals surface area contributed by atoms with Crippen LogP contribution in [0.1, 0.15) is 5.69 Å². The highest BCUT2D eigenvalue weighted by atomic mass is 16.3. The second-order valence-electron chi connectivity index (χ2n) is 5.60. The zero-order valence-electron chi connectivity index (χ0n) is 11.9. The van der Waals surface area contributed by atoms with Crippen molar-refractivity contribution in [2.45, 2.75) is 6.92 Å². The van der Waals surface area contributed by atoms with Crippen LogP contribution in [0.25, 0.3) is 0 Å². The molecule has 0 aliphatic carbocycles. The Labute approximate surface area is 114 Å². The first-order valence-electron chi connectivity index (χ1n) is 6.61. The molecule has 2 rings (SSSR count). The van der Waals surface area contributed by atoms with Crippen molar-refractivity contribution in [1.82, 2.24) is 14.9 Å². The van der Waals surface area contributed by atoms with Gasteiger partial charge in [-0.05, 0) is 26.9 Å². The summed E-state index contributed by atoms with van der Waals surface area (Å²) < 4.78 is 0. The summed E-state index contributed by atoms with van der Waals surface area (Å²) in [5, 5.41) is 9.52. The summed E-state index contributed by atoms with van der Waals surface area (Å²) in [7, 11) is 4.12. The lowest BCUT2D eigenvalue weighted by atomic mass is 9.97. The minimum Gasteiger partial charge on any atom is -0.396 e. The molecule has 1 saturated heterocycles. The van der Waals surface area contributed by atoms with E-state index in [1.807, 2.05) is 13.0 Å². The Morgan fingerprint density at radius 2 is 2.05 bits per heavy atom. The van der Waals surface area contributed by atoms with Crippen molar-refractivity contribution in [3.05, 3.63) is 11.8 Å². The number of aromatic nitrogens is 2. The molecule has 2 atom stereocenters. The van der Waals surface area contributed by atoms with Crippen LogP contribution in [0, 0.1) is 18.8 Å². The van der Waals surface area contributed by atoms with Gasteiger partial charge in [0.2, 0.25) is 5.95 Å². The van der Waals surface area contributed by atoms with Crippen LogP contribution in [0.2, 0.25) is 0 Å². The Hall–Kier alpha value is -1.40. The molecular weight excluding hydrogens is 242 g/mol. The second kappa shape index (κ2) is 5.71. The topological polar surface area (TPSA) is 78.5 Å². The smallest absolute Gasteiger partial charge is 0.222 e. The molecule has 2 heterocycles. The molecule has 0 saturated carbocycles. The summed E-state index contributed by atoms with van der Waals surface area (Å²) in [6, 6.07) is 1.95. The molecule has 106 valence electrons. The van der Waals surface area contributed by atoms with E-state index in [9.17, 15) is 5.11 Å². The fourth-order valence-electron chi connectivity index (χ4n) is 2.74. The van der Waals surface area contributed by atoms with Gasteiger partial charge in [0.15, 0.2) is 0 Å². The van der Waals surface area contributed by atoms with Gasteiger partial charge in [-0.1, -0.05) is 0 Å². The zero-order valence-corrected chi connectivity index (χ0v) is 11.9. The fraction of sp³-hybridized carbons (Fsp3) is 0.692. The van der Waals surface area contributed by atoms with Gasteiger partial charge in [-0.3, -0.25) is 0 Å². The van der Waals surface area contributed by atoms with Crippen LogP contribution in [-0.2, 0) is 0 Å². The van der Waals surface area contributed by atoms with Crippen LogP contribution in [0.4, 0.5) is 11.8 Å². The van der Waals surface area contributed by atoms with Crippen LogP contribution in [0.15, 0.2) is 6.07 Å². The Balaban J connectivity index is 2.14. The number of hydrogen-bond acceptors (Lipinski definition) is 6. The normalized spacial score (nSPS) is 23.3. The predicted molar refractivity (Wildman–Crippen MR) is 76.0 cm³/mol. The number of nitrogen functional groups attached to an aromatic ring is 1. The van der Waals surface area contributed by atoms with E-state index in [4.69, 9.17) is 5.73 Å². The minimum absolute atomic E-state index is 0.217. The molecule has 1 aromatic heterocycles. The average molecular weight is 265 g/mol. The molecule has 0 spiro atoms. The number of anilines is 2. The molecule has 19 heavy (non-hydrogen) atoms. The summed E-state index contributed by atoms with van der Waals surface area (Å²) in [5.41, 5.74) is 6.58. The summed E-state index contributed by atoms with van der Waals surface area (Å²) in [6.45, 7) is 4.83. The third-order valence-electron chi connectivity index (χ3n) is 3.59. The molecule has 0 amide bonds. The third-order valence-corrected chi connectivity index (χ3v) is 3.59. The summed E-state index contributed by atoms with van der Waals surface area (Å²) in [5.74, 6) is 1.92. The van der Waals surface area contributed by atoms with Gasteiger partial charge < -0.3 is 20.6 Å². The molecule has 6 heteroatoms. The van der Waals surface area contributed by atoms with Crippen molar-refractivity contribution in [3.8, 4) is 0 Å². The Bertz CT molecular complexity index is 417. The lowest BCUT2D eigenvalue weighted by Crippen LogP contribution is -2.28. The lowest BCUT2D eigenvalue weighted by molar-refractivity contribution is 0.185.